The highest BCUT2D eigenvalue weighted by Crippen LogP contribution is 2.24. The van der Waals surface area contributed by atoms with Gasteiger partial charge in [0.25, 0.3) is 0 Å². The smallest absolute Gasteiger partial charge is 0.0809 e. The standard InChI is InChI=1S/C14H17N5S/c1-9-5-11(19(2)18-9)7-13(17-15)10-6-14-12(16-8-10)3-4-20-14/h3-6,8,13,17H,7,15H2,1-2H3. The van der Waals surface area contributed by atoms with Crippen molar-refractivity contribution in [2.75, 3.05) is 0 Å². The van der Waals surface area contributed by atoms with Crippen molar-refractivity contribution in [2.24, 2.45) is 12.9 Å². The molecule has 0 radical (unpaired) electrons. The van der Waals surface area contributed by atoms with E-state index in [1.165, 1.54) is 4.70 Å². The molecule has 3 heterocycles. The lowest BCUT2D eigenvalue weighted by Gasteiger charge is -2.16. The van der Waals surface area contributed by atoms with Crippen LogP contribution in [0.2, 0.25) is 0 Å². The fourth-order valence-corrected chi connectivity index (χ4v) is 3.18. The first kappa shape index (κ1) is 13.2. The van der Waals surface area contributed by atoms with Gasteiger partial charge >= 0.3 is 0 Å². The number of hydrazine groups is 1. The fraction of sp³-hybridized carbons (Fsp3) is 0.286. The SMILES string of the molecule is Cc1cc(CC(NN)c2cnc3ccsc3c2)n(C)n1. The predicted molar refractivity (Wildman–Crippen MR) is 81.3 cm³/mol. The largest absolute Gasteiger partial charge is 0.272 e. The fourth-order valence-electron chi connectivity index (χ4n) is 2.39. The first-order valence-electron chi connectivity index (χ1n) is 6.46. The molecule has 104 valence electrons. The lowest BCUT2D eigenvalue weighted by Crippen LogP contribution is -2.30. The van der Waals surface area contributed by atoms with Crippen molar-refractivity contribution in [3.8, 4) is 0 Å². The van der Waals surface area contributed by atoms with Gasteiger partial charge in [0.2, 0.25) is 0 Å². The van der Waals surface area contributed by atoms with E-state index in [9.17, 15) is 0 Å². The van der Waals surface area contributed by atoms with Gasteiger partial charge < -0.3 is 0 Å². The van der Waals surface area contributed by atoms with E-state index in [4.69, 9.17) is 5.84 Å². The van der Waals surface area contributed by atoms with Crippen LogP contribution in [0, 0.1) is 6.92 Å². The third-order valence-electron chi connectivity index (χ3n) is 3.44. The Labute approximate surface area is 121 Å². The van der Waals surface area contributed by atoms with Gasteiger partial charge in [0.05, 0.1) is 22.0 Å². The summed E-state index contributed by atoms with van der Waals surface area (Å²) in [5, 5.41) is 6.42. The van der Waals surface area contributed by atoms with E-state index in [-0.39, 0.29) is 6.04 Å². The molecule has 0 saturated carbocycles. The zero-order valence-electron chi connectivity index (χ0n) is 11.5. The molecule has 1 unspecified atom stereocenters. The average Bonchev–Trinajstić information content (AvgIpc) is 3.01. The summed E-state index contributed by atoms with van der Waals surface area (Å²) in [7, 11) is 1.95. The number of nitrogens with zero attached hydrogens (tertiary/aromatic N) is 3. The van der Waals surface area contributed by atoms with Crippen LogP contribution in [-0.4, -0.2) is 14.8 Å². The lowest BCUT2D eigenvalue weighted by molar-refractivity contribution is 0.529. The molecule has 0 aliphatic rings. The molecule has 0 aliphatic heterocycles. The molecule has 1 atom stereocenters. The zero-order valence-corrected chi connectivity index (χ0v) is 12.3. The molecule has 3 aromatic rings. The van der Waals surface area contributed by atoms with E-state index < -0.39 is 0 Å². The molecule has 0 amide bonds. The van der Waals surface area contributed by atoms with Crippen LogP contribution in [0.25, 0.3) is 10.2 Å². The molecule has 5 nitrogen and oxygen atoms in total. The van der Waals surface area contributed by atoms with Crippen molar-refractivity contribution >= 4 is 21.6 Å². The Hall–Kier alpha value is -1.76. The summed E-state index contributed by atoms with van der Waals surface area (Å²) in [6, 6.07) is 6.30. The molecule has 0 aromatic carbocycles. The van der Waals surface area contributed by atoms with Gasteiger partial charge in [-0.05, 0) is 36.1 Å². The van der Waals surface area contributed by atoms with Crippen molar-refractivity contribution in [3.05, 3.63) is 46.7 Å². The quantitative estimate of drug-likeness (QED) is 0.569. The van der Waals surface area contributed by atoms with Crippen molar-refractivity contribution in [1.82, 2.24) is 20.2 Å². The van der Waals surface area contributed by atoms with Gasteiger partial charge in [-0.25, -0.2) is 0 Å². The number of thiophene rings is 1. The highest BCUT2D eigenvalue weighted by molar-refractivity contribution is 7.17. The Kier molecular flexibility index (Phi) is 3.52. The van der Waals surface area contributed by atoms with Crippen LogP contribution in [0.15, 0.2) is 29.8 Å². The third kappa shape index (κ3) is 2.45. The van der Waals surface area contributed by atoms with Gasteiger partial charge in [0.1, 0.15) is 0 Å². The molecule has 3 aromatic heterocycles. The number of aryl methyl sites for hydroxylation is 2. The Bertz CT molecular complexity index is 730. The van der Waals surface area contributed by atoms with E-state index in [1.54, 1.807) is 11.3 Å². The predicted octanol–water partition coefficient (Wildman–Crippen LogP) is 2.09. The van der Waals surface area contributed by atoms with Crippen molar-refractivity contribution in [1.29, 1.82) is 0 Å². The van der Waals surface area contributed by atoms with Crippen LogP contribution in [0.5, 0.6) is 0 Å². The normalized spacial score (nSPS) is 12.9. The summed E-state index contributed by atoms with van der Waals surface area (Å²) in [6.07, 6.45) is 2.68. The molecule has 0 bridgehead atoms. The van der Waals surface area contributed by atoms with Crippen LogP contribution in [-0.2, 0) is 13.5 Å². The number of pyridine rings is 1. The van der Waals surface area contributed by atoms with Gasteiger partial charge in [-0.15, -0.1) is 11.3 Å². The number of fused-ring (bicyclic) bond motifs is 1. The maximum atomic E-state index is 5.72. The Morgan fingerprint density at radius 1 is 1.45 bits per heavy atom. The lowest BCUT2D eigenvalue weighted by atomic mass is 10.0. The monoisotopic (exact) mass is 287 g/mol. The first-order valence-corrected chi connectivity index (χ1v) is 7.34. The minimum absolute atomic E-state index is 0.0313. The van der Waals surface area contributed by atoms with Crippen LogP contribution in [0.4, 0.5) is 0 Å². The summed E-state index contributed by atoms with van der Waals surface area (Å²) in [5.74, 6) is 5.72. The molecular weight excluding hydrogens is 270 g/mol. The van der Waals surface area contributed by atoms with Crippen LogP contribution >= 0.6 is 11.3 Å². The van der Waals surface area contributed by atoms with E-state index in [0.717, 1.165) is 28.9 Å². The number of rotatable bonds is 4. The summed E-state index contributed by atoms with van der Waals surface area (Å²) in [5.41, 5.74) is 7.18. The van der Waals surface area contributed by atoms with Crippen LogP contribution in [0.3, 0.4) is 0 Å². The molecule has 3 N–H and O–H groups in total. The Morgan fingerprint density at radius 3 is 3.00 bits per heavy atom. The minimum atomic E-state index is 0.0313. The molecule has 0 spiro atoms. The number of hydrogen-bond donors (Lipinski definition) is 2. The summed E-state index contributed by atoms with van der Waals surface area (Å²) in [4.78, 5) is 4.47. The number of hydrogen-bond acceptors (Lipinski definition) is 5. The van der Waals surface area contributed by atoms with E-state index >= 15 is 0 Å². The summed E-state index contributed by atoms with van der Waals surface area (Å²) >= 11 is 1.69. The molecule has 20 heavy (non-hydrogen) atoms. The maximum Gasteiger partial charge on any atom is 0.0809 e. The van der Waals surface area contributed by atoms with Gasteiger partial charge in [-0.3, -0.25) is 20.9 Å². The molecule has 0 saturated heterocycles. The van der Waals surface area contributed by atoms with Crippen LogP contribution < -0.4 is 11.3 Å². The number of aromatic nitrogens is 3. The highest BCUT2D eigenvalue weighted by atomic mass is 32.1. The molecule has 3 rings (SSSR count). The topological polar surface area (TPSA) is 68.8 Å². The van der Waals surface area contributed by atoms with Crippen molar-refractivity contribution < 1.29 is 0 Å². The zero-order chi connectivity index (χ0) is 14.1. The number of nitrogens with two attached hydrogens (primary N) is 1. The minimum Gasteiger partial charge on any atom is -0.272 e. The van der Waals surface area contributed by atoms with Crippen molar-refractivity contribution in [3.63, 3.8) is 0 Å². The summed E-state index contributed by atoms with van der Waals surface area (Å²) in [6.45, 7) is 1.99. The van der Waals surface area contributed by atoms with E-state index in [1.807, 2.05) is 30.9 Å². The third-order valence-corrected chi connectivity index (χ3v) is 4.29. The number of nitrogens with one attached hydrogen (secondary N) is 1. The highest BCUT2D eigenvalue weighted by Gasteiger charge is 2.14. The second-order valence-electron chi connectivity index (χ2n) is 4.90. The summed E-state index contributed by atoms with van der Waals surface area (Å²) < 4.78 is 3.08. The average molecular weight is 287 g/mol. The maximum absolute atomic E-state index is 5.72. The second-order valence-corrected chi connectivity index (χ2v) is 5.84. The Morgan fingerprint density at radius 2 is 2.30 bits per heavy atom. The molecule has 0 fully saturated rings. The first-order chi connectivity index (χ1) is 9.67. The van der Waals surface area contributed by atoms with Crippen LogP contribution in [0.1, 0.15) is 23.0 Å². The van der Waals surface area contributed by atoms with Gasteiger partial charge in [-0.2, -0.15) is 5.10 Å². The van der Waals surface area contributed by atoms with E-state index in [2.05, 4.69) is 33.0 Å². The molecule has 6 heteroatoms. The Balaban J connectivity index is 1.90. The van der Waals surface area contributed by atoms with Gasteiger partial charge in [0.15, 0.2) is 0 Å². The molecular formula is C14H17N5S. The molecule has 0 aliphatic carbocycles. The van der Waals surface area contributed by atoms with Gasteiger partial charge in [-0.1, -0.05) is 0 Å². The van der Waals surface area contributed by atoms with Gasteiger partial charge in [0, 0.05) is 25.4 Å². The second kappa shape index (κ2) is 5.32. The van der Waals surface area contributed by atoms with Crippen molar-refractivity contribution in [2.45, 2.75) is 19.4 Å². The van der Waals surface area contributed by atoms with E-state index in [0.29, 0.717) is 0 Å².